The van der Waals surface area contributed by atoms with Gasteiger partial charge in [0.15, 0.2) is 0 Å². The lowest BCUT2D eigenvalue weighted by Crippen LogP contribution is -1.98. The van der Waals surface area contributed by atoms with Crippen LogP contribution in [-0.2, 0) is 4.79 Å². The second-order valence-corrected chi connectivity index (χ2v) is 3.38. The molecule has 0 spiro atoms. The zero-order chi connectivity index (χ0) is 12.1. The second kappa shape index (κ2) is 5.14. The Morgan fingerprint density at radius 2 is 2.12 bits per heavy atom. The number of carbonyl (C=O) groups excluding carboxylic acids is 1. The van der Waals surface area contributed by atoms with Gasteiger partial charge in [-0.1, -0.05) is 0 Å². The van der Waals surface area contributed by atoms with E-state index < -0.39 is 0 Å². The molecule has 4 nitrogen and oxygen atoms in total. The lowest BCUT2D eigenvalue weighted by Gasteiger charge is -2.11. The minimum absolute atomic E-state index is 0.562. The van der Waals surface area contributed by atoms with E-state index in [1.807, 2.05) is 36.0 Å². The van der Waals surface area contributed by atoms with Crippen LogP contribution < -0.4 is 4.74 Å². The summed E-state index contributed by atoms with van der Waals surface area (Å²) in [7, 11) is 0. The van der Waals surface area contributed by atoms with Crippen molar-refractivity contribution in [1.29, 1.82) is 0 Å². The van der Waals surface area contributed by atoms with Crippen LogP contribution >= 0.6 is 0 Å². The first kappa shape index (κ1) is 11.2. The van der Waals surface area contributed by atoms with Gasteiger partial charge in [0.2, 0.25) is 6.08 Å². The van der Waals surface area contributed by atoms with Gasteiger partial charge < -0.3 is 9.30 Å². The van der Waals surface area contributed by atoms with Gasteiger partial charge in [-0.05, 0) is 37.3 Å². The number of isocyanates is 1. The molecular weight excluding hydrogens is 216 g/mol. The summed E-state index contributed by atoms with van der Waals surface area (Å²) in [5.74, 6) is 0.758. The number of ether oxygens (including phenoxy) is 1. The Morgan fingerprint density at radius 3 is 2.76 bits per heavy atom. The van der Waals surface area contributed by atoms with Gasteiger partial charge in [0.25, 0.3) is 0 Å². The second-order valence-electron chi connectivity index (χ2n) is 3.38. The number of aliphatic imine (C=N–C) groups is 1. The van der Waals surface area contributed by atoms with E-state index in [2.05, 4.69) is 4.99 Å². The molecule has 0 unspecified atom stereocenters. The van der Waals surface area contributed by atoms with E-state index >= 15 is 0 Å². The van der Waals surface area contributed by atoms with Gasteiger partial charge in [-0.2, -0.15) is 4.99 Å². The molecule has 1 aromatic carbocycles. The van der Waals surface area contributed by atoms with Crippen molar-refractivity contribution < 1.29 is 9.53 Å². The molecule has 0 fully saturated rings. The van der Waals surface area contributed by atoms with Crippen LogP contribution in [0, 0.1) is 0 Å². The maximum absolute atomic E-state index is 10.3. The highest BCUT2D eigenvalue weighted by Crippen LogP contribution is 2.27. The van der Waals surface area contributed by atoms with Gasteiger partial charge >= 0.3 is 0 Å². The van der Waals surface area contributed by atoms with Crippen LogP contribution in [0.5, 0.6) is 5.75 Å². The van der Waals surface area contributed by atoms with Crippen molar-refractivity contribution in [2.45, 2.75) is 6.92 Å². The topological polar surface area (TPSA) is 43.6 Å². The van der Waals surface area contributed by atoms with Crippen LogP contribution in [-0.4, -0.2) is 17.3 Å². The van der Waals surface area contributed by atoms with Crippen LogP contribution in [0.1, 0.15) is 6.92 Å². The fourth-order valence-corrected chi connectivity index (χ4v) is 1.60. The minimum atomic E-state index is 0.562. The fourth-order valence-electron chi connectivity index (χ4n) is 1.60. The average molecular weight is 228 g/mol. The third-order valence-corrected chi connectivity index (χ3v) is 2.30. The highest BCUT2D eigenvalue weighted by Gasteiger charge is 2.06. The Hall–Kier alpha value is -2.32. The summed E-state index contributed by atoms with van der Waals surface area (Å²) >= 11 is 0. The standard InChI is InChI=1S/C13H12N2O2/c1-2-17-13-6-5-11(14-10-16)9-12(13)15-7-3-4-8-15/h3-9H,2H2,1H3. The van der Waals surface area contributed by atoms with Crippen molar-refractivity contribution >= 4 is 11.8 Å². The molecule has 17 heavy (non-hydrogen) atoms. The average Bonchev–Trinajstić information content (AvgIpc) is 2.85. The van der Waals surface area contributed by atoms with Crippen molar-refractivity contribution in [3.63, 3.8) is 0 Å². The largest absolute Gasteiger partial charge is 0.492 e. The summed E-state index contributed by atoms with van der Waals surface area (Å²) in [5.41, 5.74) is 1.42. The van der Waals surface area contributed by atoms with Gasteiger partial charge in [-0.25, -0.2) is 4.79 Å². The molecule has 0 atom stereocenters. The monoisotopic (exact) mass is 228 g/mol. The molecule has 4 heteroatoms. The van der Waals surface area contributed by atoms with Gasteiger partial charge in [-0.15, -0.1) is 0 Å². The minimum Gasteiger partial charge on any atom is -0.492 e. The Labute approximate surface area is 99.2 Å². The molecule has 1 heterocycles. The Balaban J connectivity index is 2.51. The molecule has 1 aromatic heterocycles. The number of nitrogens with zero attached hydrogens (tertiary/aromatic N) is 2. The molecule has 0 saturated heterocycles. The molecular formula is C13H12N2O2. The molecule has 0 bridgehead atoms. The van der Waals surface area contributed by atoms with E-state index in [0.717, 1.165) is 11.4 Å². The van der Waals surface area contributed by atoms with Gasteiger partial charge in [0.1, 0.15) is 5.75 Å². The normalized spacial score (nSPS) is 9.71. The number of hydrogen-bond donors (Lipinski definition) is 0. The summed E-state index contributed by atoms with van der Waals surface area (Å²) in [6.07, 6.45) is 5.35. The summed E-state index contributed by atoms with van der Waals surface area (Å²) in [5, 5.41) is 0. The van der Waals surface area contributed by atoms with Crippen molar-refractivity contribution in [2.24, 2.45) is 4.99 Å². The van der Waals surface area contributed by atoms with Crippen LogP contribution in [0.4, 0.5) is 5.69 Å². The van der Waals surface area contributed by atoms with Crippen molar-refractivity contribution in [1.82, 2.24) is 4.57 Å². The zero-order valence-corrected chi connectivity index (χ0v) is 9.46. The first-order valence-corrected chi connectivity index (χ1v) is 5.33. The predicted octanol–water partition coefficient (Wildman–Crippen LogP) is 2.84. The molecule has 0 saturated carbocycles. The van der Waals surface area contributed by atoms with E-state index in [0.29, 0.717) is 12.3 Å². The summed E-state index contributed by atoms with van der Waals surface area (Å²) in [6, 6.07) is 9.16. The molecule has 0 aliphatic heterocycles. The van der Waals surface area contributed by atoms with E-state index in [4.69, 9.17) is 4.74 Å². The smallest absolute Gasteiger partial charge is 0.240 e. The predicted molar refractivity (Wildman–Crippen MR) is 64.7 cm³/mol. The number of rotatable bonds is 4. The summed E-state index contributed by atoms with van der Waals surface area (Å²) in [6.45, 7) is 2.52. The molecule has 0 aliphatic rings. The van der Waals surface area contributed by atoms with Gasteiger partial charge in [0.05, 0.1) is 18.0 Å². The Morgan fingerprint density at radius 1 is 1.35 bits per heavy atom. The number of hydrogen-bond acceptors (Lipinski definition) is 3. The maximum Gasteiger partial charge on any atom is 0.240 e. The van der Waals surface area contributed by atoms with Crippen molar-refractivity contribution in [3.05, 3.63) is 42.7 Å². The number of benzene rings is 1. The zero-order valence-electron chi connectivity index (χ0n) is 9.46. The SMILES string of the molecule is CCOc1ccc(N=C=O)cc1-n1cccc1. The molecule has 0 aliphatic carbocycles. The van der Waals surface area contributed by atoms with Crippen molar-refractivity contribution in [2.75, 3.05) is 6.61 Å². The molecule has 0 radical (unpaired) electrons. The van der Waals surface area contributed by atoms with Crippen LogP contribution in [0.15, 0.2) is 47.7 Å². The van der Waals surface area contributed by atoms with E-state index in [1.165, 1.54) is 6.08 Å². The first-order valence-electron chi connectivity index (χ1n) is 5.33. The number of aromatic nitrogens is 1. The van der Waals surface area contributed by atoms with E-state index in [9.17, 15) is 4.79 Å². The van der Waals surface area contributed by atoms with E-state index in [-0.39, 0.29) is 0 Å². The third kappa shape index (κ3) is 2.44. The summed E-state index contributed by atoms with van der Waals surface area (Å²) in [4.78, 5) is 13.9. The quantitative estimate of drug-likeness (QED) is 0.596. The third-order valence-electron chi connectivity index (χ3n) is 2.30. The molecule has 2 aromatic rings. The van der Waals surface area contributed by atoms with Crippen LogP contribution in [0.2, 0.25) is 0 Å². The van der Waals surface area contributed by atoms with Crippen LogP contribution in [0.25, 0.3) is 5.69 Å². The fraction of sp³-hybridized carbons (Fsp3) is 0.154. The molecule has 86 valence electrons. The Bertz CT molecular complexity index is 541. The highest BCUT2D eigenvalue weighted by molar-refractivity contribution is 5.59. The lowest BCUT2D eigenvalue weighted by molar-refractivity contribution is 0.339. The highest BCUT2D eigenvalue weighted by atomic mass is 16.5. The maximum atomic E-state index is 10.3. The Kier molecular flexibility index (Phi) is 3.38. The summed E-state index contributed by atoms with van der Waals surface area (Å²) < 4.78 is 7.44. The van der Waals surface area contributed by atoms with Gasteiger partial charge in [0, 0.05) is 12.4 Å². The molecule has 0 N–H and O–H groups in total. The molecule has 2 rings (SSSR count). The van der Waals surface area contributed by atoms with E-state index in [1.54, 1.807) is 18.2 Å². The molecule has 0 amide bonds. The van der Waals surface area contributed by atoms with Gasteiger partial charge in [-0.3, -0.25) is 0 Å². The van der Waals surface area contributed by atoms with Crippen LogP contribution in [0.3, 0.4) is 0 Å². The lowest BCUT2D eigenvalue weighted by atomic mass is 10.2. The van der Waals surface area contributed by atoms with Crippen molar-refractivity contribution in [3.8, 4) is 11.4 Å². The first-order chi connectivity index (χ1) is 8.35.